The molecule has 0 amide bonds. The van der Waals surface area contributed by atoms with Gasteiger partial charge < -0.3 is 16.6 Å². The summed E-state index contributed by atoms with van der Waals surface area (Å²) in [4.78, 5) is 12.3. The van der Waals surface area contributed by atoms with E-state index in [0.29, 0.717) is 11.0 Å². The molecule has 0 atom stereocenters. The second-order valence-electron chi connectivity index (χ2n) is 3.84. The maximum absolute atomic E-state index is 9.30. The van der Waals surface area contributed by atoms with Gasteiger partial charge in [-0.1, -0.05) is 13.3 Å². The Balaban J connectivity index is 2.69. The Morgan fingerprint density at radius 1 is 1.24 bits per heavy atom. The van der Waals surface area contributed by atoms with E-state index < -0.39 is 0 Å². The molecule has 0 spiro atoms. The summed E-state index contributed by atoms with van der Waals surface area (Å²) in [6.07, 6.45) is 1.73. The summed E-state index contributed by atoms with van der Waals surface area (Å²) < 4.78 is 0. The van der Waals surface area contributed by atoms with Crippen LogP contribution in [-0.4, -0.2) is 20.1 Å². The summed E-state index contributed by atoms with van der Waals surface area (Å²) in [6.45, 7) is 1.98. The Labute approximate surface area is 98.7 Å². The van der Waals surface area contributed by atoms with Crippen molar-refractivity contribution in [2.24, 2.45) is 0 Å². The van der Waals surface area contributed by atoms with Crippen LogP contribution in [0.4, 0.5) is 11.8 Å². The number of fused-ring (bicyclic) bond motifs is 1. The Bertz CT molecular complexity index is 555. The van der Waals surface area contributed by atoms with Crippen LogP contribution in [0.15, 0.2) is 6.07 Å². The van der Waals surface area contributed by atoms with Crippen LogP contribution >= 0.6 is 0 Å². The van der Waals surface area contributed by atoms with E-state index in [9.17, 15) is 5.11 Å². The van der Waals surface area contributed by atoms with Crippen LogP contribution in [0.25, 0.3) is 11.0 Å². The van der Waals surface area contributed by atoms with Crippen LogP contribution in [0.3, 0.4) is 0 Å². The molecule has 2 heterocycles. The molecular weight excluding hydrogens is 218 g/mol. The van der Waals surface area contributed by atoms with Gasteiger partial charge in [0.25, 0.3) is 0 Å². The smallest absolute Gasteiger partial charge is 0.224 e. The van der Waals surface area contributed by atoms with Gasteiger partial charge in [0.2, 0.25) is 5.95 Å². The van der Waals surface area contributed by atoms with E-state index in [1.165, 1.54) is 0 Å². The van der Waals surface area contributed by atoms with E-state index >= 15 is 0 Å². The summed E-state index contributed by atoms with van der Waals surface area (Å²) in [7, 11) is 0. The van der Waals surface area contributed by atoms with E-state index in [-0.39, 0.29) is 18.4 Å². The molecule has 2 aromatic heterocycles. The Kier molecular flexibility index (Phi) is 3.06. The highest BCUT2D eigenvalue weighted by Crippen LogP contribution is 2.21. The van der Waals surface area contributed by atoms with Crippen molar-refractivity contribution in [2.75, 3.05) is 11.5 Å². The lowest BCUT2D eigenvalue weighted by atomic mass is 10.1. The number of nitrogen functional groups attached to an aromatic ring is 2. The predicted molar refractivity (Wildman–Crippen MR) is 66.1 cm³/mol. The summed E-state index contributed by atoms with van der Waals surface area (Å²) in [5.74, 6) is 0.402. The number of aliphatic hydroxyl groups is 1. The summed E-state index contributed by atoms with van der Waals surface area (Å²) in [5, 5.41) is 9.93. The lowest BCUT2D eigenvalue weighted by Crippen LogP contribution is -2.05. The second kappa shape index (κ2) is 4.50. The molecule has 2 rings (SSSR count). The van der Waals surface area contributed by atoms with Crippen LogP contribution in [-0.2, 0) is 13.0 Å². The number of aliphatic hydroxyl groups excluding tert-OH is 1. The molecular formula is C11H15N5O. The van der Waals surface area contributed by atoms with Crippen LogP contribution in [0.5, 0.6) is 0 Å². The highest BCUT2D eigenvalue weighted by molar-refractivity contribution is 5.86. The fraction of sp³-hybridized carbons (Fsp3) is 0.364. The fourth-order valence-corrected chi connectivity index (χ4v) is 1.76. The number of aryl methyl sites for hydroxylation is 1. The minimum Gasteiger partial charge on any atom is -0.392 e. The van der Waals surface area contributed by atoms with E-state index in [0.717, 1.165) is 24.1 Å². The molecule has 6 heteroatoms. The number of hydrogen-bond donors (Lipinski definition) is 3. The van der Waals surface area contributed by atoms with Gasteiger partial charge in [-0.2, -0.15) is 9.97 Å². The van der Waals surface area contributed by atoms with E-state index in [2.05, 4.69) is 21.9 Å². The van der Waals surface area contributed by atoms with Gasteiger partial charge in [-0.25, -0.2) is 4.98 Å². The maximum Gasteiger partial charge on any atom is 0.224 e. The molecule has 0 aliphatic heterocycles. The number of rotatable bonds is 3. The SMILES string of the molecule is CCCc1nc2nc(N)nc(N)c2cc1CO. The van der Waals surface area contributed by atoms with Gasteiger partial charge in [-0.05, 0) is 18.1 Å². The monoisotopic (exact) mass is 233 g/mol. The van der Waals surface area contributed by atoms with Crippen molar-refractivity contribution < 1.29 is 5.11 Å². The Morgan fingerprint density at radius 3 is 2.65 bits per heavy atom. The van der Waals surface area contributed by atoms with Gasteiger partial charge in [0.15, 0.2) is 5.65 Å². The van der Waals surface area contributed by atoms with Gasteiger partial charge in [0.1, 0.15) is 5.82 Å². The van der Waals surface area contributed by atoms with Crippen LogP contribution in [0, 0.1) is 0 Å². The van der Waals surface area contributed by atoms with Gasteiger partial charge in [-0.15, -0.1) is 0 Å². The van der Waals surface area contributed by atoms with Crippen LogP contribution < -0.4 is 11.5 Å². The van der Waals surface area contributed by atoms with Crippen molar-refractivity contribution in [3.63, 3.8) is 0 Å². The largest absolute Gasteiger partial charge is 0.392 e. The molecule has 0 radical (unpaired) electrons. The van der Waals surface area contributed by atoms with Crippen molar-refractivity contribution in [1.82, 2.24) is 15.0 Å². The fourth-order valence-electron chi connectivity index (χ4n) is 1.76. The third-order valence-corrected chi connectivity index (χ3v) is 2.56. The number of nitrogens with zero attached hydrogens (tertiary/aromatic N) is 3. The number of pyridine rings is 1. The maximum atomic E-state index is 9.30. The summed E-state index contributed by atoms with van der Waals surface area (Å²) >= 11 is 0. The number of aromatic nitrogens is 3. The first-order valence-electron chi connectivity index (χ1n) is 5.48. The zero-order valence-electron chi connectivity index (χ0n) is 9.64. The van der Waals surface area contributed by atoms with Crippen molar-refractivity contribution in [2.45, 2.75) is 26.4 Å². The molecule has 6 nitrogen and oxygen atoms in total. The number of nitrogens with two attached hydrogens (primary N) is 2. The molecule has 0 saturated heterocycles. The van der Waals surface area contributed by atoms with Crippen LogP contribution in [0.2, 0.25) is 0 Å². The lowest BCUT2D eigenvalue weighted by molar-refractivity contribution is 0.280. The Hall–Kier alpha value is -1.95. The van der Waals surface area contributed by atoms with Gasteiger partial charge >= 0.3 is 0 Å². The number of anilines is 2. The topological polar surface area (TPSA) is 111 Å². The molecule has 0 bridgehead atoms. The highest BCUT2D eigenvalue weighted by atomic mass is 16.3. The Morgan fingerprint density at radius 2 is 2.00 bits per heavy atom. The molecule has 0 aliphatic rings. The predicted octanol–water partition coefficient (Wildman–Crippen LogP) is 0.634. The molecule has 0 aliphatic carbocycles. The summed E-state index contributed by atoms with van der Waals surface area (Å²) in [6, 6.07) is 1.78. The first-order chi connectivity index (χ1) is 8.15. The molecule has 17 heavy (non-hydrogen) atoms. The average Bonchev–Trinajstić information content (AvgIpc) is 2.28. The minimum absolute atomic E-state index is 0.0674. The standard InChI is InChI=1S/C11H15N5O/c1-2-3-8-6(5-17)4-7-9(12)15-11(13)16-10(7)14-8/h4,17H,2-3,5H2,1H3,(H4,12,13,14,15,16). The highest BCUT2D eigenvalue weighted by Gasteiger charge is 2.10. The number of hydrogen-bond acceptors (Lipinski definition) is 6. The molecule has 5 N–H and O–H groups in total. The lowest BCUT2D eigenvalue weighted by Gasteiger charge is -2.08. The third-order valence-electron chi connectivity index (χ3n) is 2.56. The van der Waals surface area contributed by atoms with E-state index in [4.69, 9.17) is 11.5 Å². The van der Waals surface area contributed by atoms with Gasteiger partial charge in [-0.3, -0.25) is 0 Å². The van der Waals surface area contributed by atoms with Crippen molar-refractivity contribution in [3.05, 3.63) is 17.3 Å². The van der Waals surface area contributed by atoms with Crippen molar-refractivity contribution >= 4 is 22.8 Å². The van der Waals surface area contributed by atoms with Gasteiger partial charge in [0, 0.05) is 5.69 Å². The first kappa shape index (κ1) is 11.5. The quantitative estimate of drug-likeness (QED) is 0.717. The van der Waals surface area contributed by atoms with E-state index in [1.54, 1.807) is 6.07 Å². The molecule has 0 fully saturated rings. The molecule has 0 saturated carbocycles. The van der Waals surface area contributed by atoms with E-state index in [1.807, 2.05) is 0 Å². The van der Waals surface area contributed by atoms with Crippen LogP contribution in [0.1, 0.15) is 24.6 Å². The van der Waals surface area contributed by atoms with Crippen molar-refractivity contribution in [3.8, 4) is 0 Å². The molecule has 90 valence electrons. The first-order valence-corrected chi connectivity index (χ1v) is 5.48. The molecule has 2 aromatic rings. The second-order valence-corrected chi connectivity index (χ2v) is 3.84. The molecule has 0 aromatic carbocycles. The zero-order valence-corrected chi connectivity index (χ0v) is 9.64. The summed E-state index contributed by atoms with van der Waals surface area (Å²) in [5.41, 5.74) is 13.4. The average molecular weight is 233 g/mol. The third kappa shape index (κ3) is 2.12. The van der Waals surface area contributed by atoms with Crippen molar-refractivity contribution in [1.29, 1.82) is 0 Å². The minimum atomic E-state index is -0.0674. The zero-order chi connectivity index (χ0) is 12.4. The molecule has 0 unspecified atom stereocenters. The normalized spacial score (nSPS) is 10.9. The van der Waals surface area contributed by atoms with Gasteiger partial charge in [0.05, 0.1) is 12.0 Å².